The van der Waals surface area contributed by atoms with Crippen molar-refractivity contribution in [2.24, 2.45) is 5.10 Å². The van der Waals surface area contributed by atoms with Crippen LogP contribution < -0.4 is 20.8 Å². The van der Waals surface area contributed by atoms with E-state index >= 15 is 0 Å². The molecule has 0 saturated heterocycles. The second kappa shape index (κ2) is 11.7. The van der Waals surface area contributed by atoms with Crippen molar-refractivity contribution in [3.05, 3.63) is 107 Å². The van der Waals surface area contributed by atoms with Crippen molar-refractivity contribution in [3.63, 3.8) is 0 Å². The summed E-state index contributed by atoms with van der Waals surface area (Å²) in [6, 6.07) is 21.0. The zero-order chi connectivity index (χ0) is 26.2. The van der Waals surface area contributed by atoms with E-state index in [-0.39, 0.29) is 11.4 Å². The van der Waals surface area contributed by atoms with Crippen molar-refractivity contribution in [1.82, 2.24) is 10.4 Å². The van der Waals surface area contributed by atoms with Gasteiger partial charge in [0.2, 0.25) is 0 Å². The summed E-state index contributed by atoms with van der Waals surface area (Å²) < 4.78 is 5.81. The lowest BCUT2D eigenvalue weighted by Gasteiger charge is -2.10. The van der Waals surface area contributed by atoms with E-state index in [0.717, 1.165) is 5.56 Å². The van der Waals surface area contributed by atoms with Crippen LogP contribution >= 0.6 is 11.6 Å². The van der Waals surface area contributed by atoms with Crippen LogP contribution in [-0.2, 0) is 0 Å². The molecule has 37 heavy (non-hydrogen) atoms. The van der Waals surface area contributed by atoms with Crippen LogP contribution in [-0.4, -0.2) is 28.2 Å². The van der Waals surface area contributed by atoms with Crippen LogP contribution in [0.3, 0.4) is 0 Å². The molecule has 4 N–H and O–H groups in total. The van der Waals surface area contributed by atoms with Crippen molar-refractivity contribution < 1.29 is 19.4 Å². The normalized spacial score (nSPS) is 10.6. The molecule has 10 heteroatoms. The highest BCUT2D eigenvalue weighted by Gasteiger charge is 2.09. The van der Waals surface area contributed by atoms with E-state index in [1.807, 2.05) is 13.0 Å². The molecule has 9 nitrogen and oxygen atoms in total. The number of carbonyl (C=O) groups excluding carboxylic acids is 2. The molecule has 0 fully saturated rings. The number of benzene rings is 3. The number of aromatic hydroxyl groups is 1. The molecule has 0 spiro atoms. The molecule has 0 radical (unpaired) electrons. The van der Waals surface area contributed by atoms with Gasteiger partial charge in [-0.1, -0.05) is 17.7 Å². The molecule has 0 aliphatic rings. The molecule has 1 aromatic heterocycles. The second-order valence-electron chi connectivity index (χ2n) is 7.84. The highest BCUT2D eigenvalue weighted by Crippen LogP contribution is 2.24. The molecule has 0 saturated carbocycles. The number of anilines is 2. The fourth-order valence-corrected chi connectivity index (χ4v) is 3.27. The summed E-state index contributed by atoms with van der Waals surface area (Å²) in [7, 11) is 0. The first-order chi connectivity index (χ1) is 17.9. The van der Waals surface area contributed by atoms with Crippen molar-refractivity contribution in [1.29, 1.82) is 0 Å². The first-order valence-electron chi connectivity index (χ1n) is 11.1. The predicted molar refractivity (Wildman–Crippen MR) is 143 cm³/mol. The number of hydrogen-bond donors (Lipinski definition) is 4. The van der Waals surface area contributed by atoms with Gasteiger partial charge in [0, 0.05) is 28.7 Å². The number of rotatable bonds is 7. The lowest BCUT2D eigenvalue weighted by Crippen LogP contribution is -2.19. The molecule has 0 aliphatic carbocycles. The standard InChI is InChI=1S/C27H22ClN5O4/c1-17-2-5-20(14-24(17)28)32-27(36)31-19-6-10-22(11-7-19)37-23-12-13-29-25(15-23)26(35)33-30-16-18-3-8-21(34)9-4-18/h2-16,34H,1H3,(H,33,35)(H2,31,32,36). The molecule has 4 rings (SSSR count). The SMILES string of the molecule is Cc1ccc(NC(=O)Nc2ccc(Oc3ccnc(C(=O)NN=Cc4ccc(O)cc4)c3)cc2)cc1Cl. The molecule has 3 amide bonds. The molecule has 186 valence electrons. The Morgan fingerprint density at radius 2 is 1.62 bits per heavy atom. The third-order valence-electron chi connectivity index (χ3n) is 5.01. The van der Waals surface area contributed by atoms with Crippen LogP contribution in [0.4, 0.5) is 16.2 Å². The Kier molecular flexibility index (Phi) is 7.97. The van der Waals surface area contributed by atoms with E-state index in [0.29, 0.717) is 33.5 Å². The monoisotopic (exact) mass is 515 g/mol. The van der Waals surface area contributed by atoms with E-state index in [1.54, 1.807) is 54.6 Å². The number of hydrazone groups is 1. The van der Waals surface area contributed by atoms with E-state index in [1.165, 1.54) is 30.6 Å². The number of carbonyl (C=O) groups is 2. The molecule has 0 atom stereocenters. The zero-order valence-corrected chi connectivity index (χ0v) is 20.4. The molecule has 1 heterocycles. The van der Waals surface area contributed by atoms with E-state index in [4.69, 9.17) is 16.3 Å². The van der Waals surface area contributed by atoms with Crippen LogP contribution in [0.15, 0.2) is 90.2 Å². The fraction of sp³-hybridized carbons (Fsp3) is 0.0370. The highest BCUT2D eigenvalue weighted by molar-refractivity contribution is 6.31. The minimum atomic E-state index is -0.513. The van der Waals surface area contributed by atoms with Crippen LogP contribution in [0.25, 0.3) is 0 Å². The first kappa shape index (κ1) is 25.2. The number of ether oxygens (including phenoxy) is 1. The Hall–Kier alpha value is -4.89. The van der Waals surface area contributed by atoms with Gasteiger partial charge in [0.25, 0.3) is 5.91 Å². The number of nitrogens with one attached hydrogen (secondary N) is 3. The summed E-state index contributed by atoms with van der Waals surface area (Å²) in [4.78, 5) is 28.7. The molecule has 0 aliphatic heterocycles. The summed E-state index contributed by atoms with van der Waals surface area (Å²) in [5.41, 5.74) is 5.28. The minimum Gasteiger partial charge on any atom is -0.508 e. The number of nitrogens with zero attached hydrogens (tertiary/aromatic N) is 2. The fourth-order valence-electron chi connectivity index (χ4n) is 3.09. The Balaban J connectivity index is 1.31. The quantitative estimate of drug-likeness (QED) is 0.179. The Labute approximate surface area is 217 Å². The van der Waals surface area contributed by atoms with Gasteiger partial charge in [0.15, 0.2) is 0 Å². The van der Waals surface area contributed by atoms with Crippen LogP contribution in [0.1, 0.15) is 21.6 Å². The number of amides is 3. The van der Waals surface area contributed by atoms with Crippen molar-refractivity contribution in [3.8, 4) is 17.2 Å². The summed E-state index contributed by atoms with van der Waals surface area (Å²) >= 11 is 6.09. The van der Waals surface area contributed by atoms with E-state index in [2.05, 4.69) is 26.1 Å². The smallest absolute Gasteiger partial charge is 0.323 e. The minimum absolute atomic E-state index is 0.117. The summed E-state index contributed by atoms with van der Waals surface area (Å²) in [5, 5.41) is 19.2. The maximum Gasteiger partial charge on any atom is 0.323 e. The van der Waals surface area contributed by atoms with Gasteiger partial charge >= 0.3 is 6.03 Å². The van der Waals surface area contributed by atoms with Gasteiger partial charge < -0.3 is 20.5 Å². The molecule has 4 aromatic rings. The molecular weight excluding hydrogens is 494 g/mol. The third kappa shape index (κ3) is 7.30. The summed E-state index contributed by atoms with van der Waals surface area (Å²) in [6.45, 7) is 1.88. The van der Waals surface area contributed by atoms with Gasteiger partial charge in [-0.25, -0.2) is 10.2 Å². The lowest BCUT2D eigenvalue weighted by molar-refractivity contribution is 0.0949. The van der Waals surface area contributed by atoms with Crippen molar-refractivity contribution >= 4 is 41.1 Å². The number of urea groups is 1. The second-order valence-corrected chi connectivity index (χ2v) is 8.24. The maximum absolute atomic E-state index is 12.4. The van der Waals surface area contributed by atoms with E-state index in [9.17, 15) is 14.7 Å². The number of phenolic OH excluding ortho intramolecular Hbond substituents is 1. The van der Waals surface area contributed by atoms with Gasteiger partial charge in [0.05, 0.1) is 6.21 Å². The molecule has 0 bridgehead atoms. The average Bonchev–Trinajstić information content (AvgIpc) is 2.89. The topological polar surface area (TPSA) is 125 Å². The maximum atomic E-state index is 12.4. The largest absolute Gasteiger partial charge is 0.508 e. The molecular formula is C27H22ClN5O4. The first-order valence-corrected chi connectivity index (χ1v) is 11.4. The number of phenols is 1. The van der Waals surface area contributed by atoms with Gasteiger partial charge in [0.1, 0.15) is 22.9 Å². The van der Waals surface area contributed by atoms with Gasteiger partial charge in [-0.15, -0.1) is 0 Å². The number of halogens is 1. The number of aryl methyl sites for hydroxylation is 1. The predicted octanol–water partition coefficient (Wildman–Crippen LogP) is 5.95. The Morgan fingerprint density at radius 1 is 0.919 bits per heavy atom. The van der Waals surface area contributed by atoms with Crippen molar-refractivity contribution in [2.45, 2.75) is 6.92 Å². The van der Waals surface area contributed by atoms with Crippen LogP contribution in [0.5, 0.6) is 17.2 Å². The molecule has 3 aromatic carbocycles. The van der Waals surface area contributed by atoms with Gasteiger partial charge in [-0.05, 0) is 84.8 Å². The van der Waals surface area contributed by atoms with E-state index < -0.39 is 11.9 Å². The summed E-state index contributed by atoms with van der Waals surface area (Å²) in [5.74, 6) is 0.528. The zero-order valence-electron chi connectivity index (χ0n) is 19.6. The average molecular weight is 516 g/mol. The Bertz CT molecular complexity index is 1440. The van der Waals surface area contributed by atoms with Crippen molar-refractivity contribution in [2.75, 3.05) is 10.6 Å². The number of aromatic nitrogens is 1. The molecule has 0 unspecified atom stereocenters. The summed E-state index contributed by atoms with van der Waals surface area (Å²) in [6.07, 6.45) is 2.90. The lowest BCUT2D eigenvalue weighted by atomic mass is 10.2. The van der Waals surface area contributed by atoms with Crippen LogP contribution in [0.2, 0.25) is 5.02 Å². The van der Waals surface area contributed by atoms with Gasteiger partial charge in [-0.3, -0.25) is 9.78 Å². The third-order valence-corrected chi connectivity index (χ3v) is 5.42. The number of hydrogen-bond acceptors (Lipinski definition) is 6. The highest BCUT2D eigenvalue weighted by atomic mass is 35.5. The van der Waals surface area contributed by atoms with Crippen LogP contribution in [0, 0.1) is 6.92 Å². The van der Waals surface area contributed by atoms with Gasteiger partial charge in [-0.2, -0.15) is 5.10 Å². The number of pyridine rings is 1. The Morgan fingerprint density at radius 3 is 2.35 bits per heavy atom.